The van der Waals surface area contributed by atoms with Crippen molar-refractivity contribution in [1.29, 1.82) is 0 Å². The van der Waals surface area contributed by atoms with Gasteiger partial charge < -0.3 is 14.2 Å². The van der Waals surface area contributed by atoms with E-state index in [1.54, 1.807) is 0 Å². The largest absolute Gasteiger partial charge is 0.375 e. The summed E-state index contributed by atoms with van der Waals surface area (Å²) in [7, 11) is 0. The second-order valence-corrected chi connectivity index (χ2v) is 9.34. The lowest BCUT2D eigenvalue weighted by Crippen LogP contribution is -2.51. The molecule has 0 aliphatic carbocycles. The minimum atomic E-state index is -0.124. The zero-order valence-corrected chi connectivity index (χ0v) is 19.0. The number of aromatic nitrogens is 2. The van der Waals surface area contributed by atoms with Crippen LogP contribution in [0.15, 0.2) is 65.2 Å². The van der Waals surface area contributed by atoms with Gasteiger partial charge in [-0.05, 0) is 43.6 Å². The average Bonchev–Trinajstić information content (AvgIpc) is 3.33. The predicted octanol–water partition coefficient (Wildman–Crippen LogP) is 4.70. The van der Waals surface area contributed by atoms with E-state index in [2.05, 4.69) is 22.3 Å². The standard InChI is InChI=1S/C27H31N3O3/c31-25(12-11-21-7-3-1-4-8-21)30-16-14-27(15-17-30)20-22(13-18-32-27)19-24-28-26(29-33-24)23-9-5-2-6-10-23/h1-10,22H,11-20H2. The normalized spacial score (nSPS) is 20.1. The van der Waals surface area contributed by atoms with Crippen molar-refractivity contribution in [3.63, 3.8) is 0 Å². The van der Waals surface area contributed by atoms with E-state index in [0.29, 0.717) is 24.1 Å². The number of ether oxygens (including phenoxy) is 1. The highest BCUT2D eigenvalue weighted by molar-refractivity contribution is 5.76. The molecule has 2 aliphatic heterocycles. The third-order valence-corrected chi connectivity index (χ3v) is 7.06. The molecule has 2 saturated heterocycles. The number of aryl methyl sites for hydroxylation is 1. The first-order chi connectivity index (χ1) is 16.2. The molecule has 1 unspecified atom stereocenters. The SMILES string of the molecule is O=C(CCc1ccccc1)N1CCC2(CC1)CC(Cc1nc(-c3ccccc3)no1)CCO2. The van der Waals surface area contributed by atoms with Crippen molar-refractivity contribution in [1.82, 2.24) is 15.0 Å². The van der Waals surface area contributed by atoms with Gasteiger partial charge in [0.2, 0.25) is 17.6 Å². The fourth-order valence-electron chi connectivity index (χ4n) is 5.16. The first-order valence-corrected chi connectivity index (χ1v) is 12.0. The number of benzene rings is 2. The van der Waals surface area contributed by atoms with Crippen molar-refractivity contribution in [3.8, 4) is 11.4 Å². The molecule has 1 spiro atoms. The molecule has 2 aromatic carbocycles. The van der Waals surface area contributed by atoms with Crippen LogP contribution >= 0.6 is 0 Å². The highest BCUT2D eigenvalue weighted by Crippen LogP contribution is 2.39. The third kappa shape index (κ3) is 5.33. The van der Waals surface area contributed by atoms with Gasteiger partial charge in [0, 0.05) is 38.1 Å². The molecule has 2 aliphatic rings. The Balaban J connectivity index is 1.13. The van der Waals surface area contributed by atoms with Crippen molar-refractivity contribution in [2.24, 2.45) is 5.92 Å². The van der Waals surface area contributed by atoms with Crippen LogP contribution in [0.4, 0.5) is 0 Å². The molecule has 0 saturated carbocycles. The lowest BCUT2D eigenvalue weighted by atomic mass is 9.78. The molecular formula is C27H31N3O3. The molecule has 3 heterocycles. The zero-order valence-electron chi connectivity index (χ0n) is 19.0. The molecule has 1 aromatic heterocycles. The number of hydrogen-bond acceptors (Lipinski definition) is 5. The van der Waals surface area contributed by atoms with Gasteiger partial charge in [-0.2, -0.15) is 4.98 Å². The summed E-state index contributed by atoms with van der Waals surface area (Å²) in [5.41, 5.74) is 2.07. The zero-order chi connectivity index (χ0) is 22.5. The molecule has 0 N–H and O–H groups in total. The Hall–Kier alpha value is -2.99. The Morgan fingerprint density at radius 3 is 2.52 bits per heavy atom. The van der Waals surface area contributed by atoms with Crippen molar-refractivity contribution in [2.45, 2.75) is 50.5 Å². The fourth-order valence-corrected chi connectivity index (χ4v) is 5.16. The van der Waals surface area contributed by atoms with Gasteiger partial charge in [-0.15, -0.1) is 0 Å². The number of rotatable bonds is 6. The summed E-state index contributed by atoms with van der Waals surface area (Å²) in [6.07, 6.45) is 5.95. The van der Waals surface area contributed by atoms with Crippen LogP contribution < -0.4 is 0 Å². The molecule has 1 atom stereocenters. The Bertz CT molecular complexity index is 1040. The van der Waals surface area contributed by atoms with Crippen LogP contribution in [0.1, 0.15) is 43.6 Å². The van der Waals surface area contributed by atoms with Crippen molar-refractivity contribution >= 4 is 5.91 Å². The Kier molecular flexibility index (Phi) is 6.53. The van der Waals surface area contributed by atoms with Crippen LogP contribution in [0.3, 0.4) is 0 Å². The molecular weight excluding hydrogens is 414 g/mol. The Labute approximate surface area is 194 Å². The quantitative estimate of drug-likeness (QED) is 0.550. The minimum Gasteiger partial charge on any atom is -0.375 e. The highest BCUT2D eigenvalue weighted by atomic mass is 16.5. The van der Waals surface area contributed by atoms with Gasteiger partial charge in [-0.1, -0.05) is 65.8 Å². The molecule has 5 rings (SSSR count). The number of hydrogen-bond donors (Lipinski definition) is 0. The van der Waals surface area contributed by atoms with Gasteiger partial charge >= 0.3 is 0 Å². The maximum atomic E-state index is 12.7. The summed E-state index contributed by atoms with van der Waals surface area (Å²) in [4.78, 5) is 19.4. The minimum absolute atomic E-state index is 0.124. The van der Waals surface area contributed by atoms with Gasteiger partial charge in [0.1, 0.15) is 0 Å². The van der Waals surface area contributed by atoms with Crippen LogP contribution in [0.5, 0.6) is 0 Å². The Morgan fingerprint density at radius 2 is 1.76 bits per heavy atom. The number of amides is 1. The third-order valence-electron chi connectivity index (χ3n) is 7.06. The van der Waals surface area contributed by atoms with Crippen molar-refractivity contribution in [2.75, 3.05) is 19.7 Å². The Morgan fingerprint density at radius 1 is 1.03 bits per heavy atom. The van der Waals surface area contributed by atoms with Crippen LogP contribution in [-0.4, -0.2) is 46.2 Å². The summed E-state index contributed by atoms with van der Waals surface area (Å²) < 4.78 is 11.9. The monoisotopic (exact) mass is 445 g/mol. The maximum Gasteiger partial charge on any atom is 0.227 e. The van der Waals surface area contributed by atoms with E-state index in [0.717, 1.165) is 63.8 Å². The summed E-state index contributed by atoms with van der Waals surface area (Å²) in [5, 5.41) is 4.16. The maximum absolute atomic E-state index is 12.7. The molecule has 6 nitrogen and oxygen atoms in total. The van der Waals surface area contributed by atoms with E-state index in [9.17, 15) is 4.79 Å². The highest BCUT2D eigenvalue weighted by Gasteiger charge is 2.41. The van der Waals surface area contributed by atoms with Crippen molar-refractivity contribution in [3.05, 3.63) is 72.1 Å². The van der Waals surface area contributed by atoms with Gasteiger partial charge in [0.05, 0.1) is 5.60 Å². The number of carbonyl (C=O) groups is 1. The van der Waals surface area contributed by atoms with Crippen LogP contribution in [0.25, 0.3) is 11.4 Å². The van der Waals surface area contributed by atoms with Gasteiger partial charge in [0.25, 0.3) is 0 Å². The second kappa shape index (κ2) is 9.87. The topological polar surface area (TPSA) is 68.5 Å². The van der Waals surface area contributed by atoms with Gasteiger partial charge in [0.15, 0.2) is 0 Å². The van der Waals surface area contributed by atoms with E-state index >= 15 is 0 Å². The number of carbonyl (C=O) groups excluding carboxylic acids is 1. The van der Waals surface area contributed by atoms with E-state index in [1.165, 1.54) is 5.56 Å². The second-order valence-electron chi connectivity index (χ2n) is 9.34. The van der Waals surface area contributed by atoms with Crippen LogP contribution in [-0.2, 0) is 22.4 Å². The molecule has 0 radical (unpaired) electrons. The summed E-state index contributed by atoms with van der Waals surface area (Å²) >= 11 is 0. The average molecular weight is 446 g/mol. The predicted molar refractivity (Wildman–Crippen MR) is 125 cm³/mol. The van der Waals surface area contributed by atoms with Crippen molar-refractivity contribution < 1.29 is 14.1 Å². The molecule has 2 fully saturated rings. The first-order valence-electron chi connectivity index (χ1n) is 12.0. The van der Waals surface area contributed by atoms with E-state index in [-0.39, 0.29) is 11.5 Å². The summed E-state index contributed by atoms with van der Waals surface area (Å²) in [6, 6.07) is 20.2. The summed E-state index contributed by atoms with van der Waals surface area (Å²) in [5.74, 6) is 2.06. The smallest absolute Gasteiger partial charge is 0.227 e. The van der Waals surface area contributed by atoms with E-state index in [1.807, 2.05) is 53.4 Å². The van der Waals surface area contributed by atoms with Crippen LogP contribution in [0, 0.1) is 5.92 Å². The number of nitrogens with zero attached hydrogens (tertiary/aromatic N) is 3. The molecule has 1 amide bonds. The van der Waals surface area contributed by atoms with E-state index in [4.69, 9.17) is 9.26 Å². The first kappa shape index (κ1) is 21.8. The molecule has 172 valence electrons. The lowest BCUT2D eigenvalue weighted by Gasteiger charge is -2.46. The molecule has 0 bridgehead atoms. The molecule has 6 heteroatoms. The molecule has 3 aromatic rings. The fraction of sp³-hybridized carbons (Fsp3) is 0.444. The lowest BCUT2D eigenvalue weighted by molar-refractivity contribution is -0.147. The van der Waals surface area contributed by atoms with Gasteiger partial charge in [-0.3, -0.25) is 4.79 Å². The number of likely N-dealkylation sites (tertiary alicyclic amines) is 1. The van der Waals surface area contributed by atoms with E-state index < -0.39 is 0 Å². The molecule has 33 heavy (non-hydrogen) atoms. The van der Waals surface area contributed by atoms with Crippen LogP contribution in [0.2, 0.25) is 0 Å². The number of piperidine rings is 1. The van der Waals surface area contributed by atoms with Gasteiger partial charge in [-0.25, -0.2) is 0 Å². The summed E-state index contributed by atoms with van der Waals surface area (Å²) in [6.45, 7) is 2.31.